The molecule has 8 aromatic carbocycles. The number of benzene rings is 8. The van der Waals surface area contributed by atoms with Gasteiger partial charge in [-0.15, -0.1) is 0 Å². The third-order valence-electron chi connectivity index (χ3n) is 9.28. The van der Waals surface area contributed by atoms with Crippen molar-refractivity contribution in [2.75, 3.05) is 4.90 Å². The average molecular weight is 614 g/mol. The third kappa shape index (κ3) is 4.74. The Morgan fingerprint density at radius 2 is 0.917 bits per heavy atom. The van der Waals surface area contributed by atoms with Crippen molar-refractivity contribution in [3.05, 3.63) is 188 Å². The molecule has 0 atom stereocenters. The van der Waals surface area contributed by atoms with Crippen molar-refractivity contribution < 1.29 is 4.74 Å². The molecule has 2 nitrogen and oxygen atoms in total. The predicted molar refractivity (Wildman–Crippen MR) is 200 cm³/mol. The summed E-state index contributed by atoms with van der Waals surface area (Å²) in [4.78, 5) is 2.38. The van der Waals surface area contributed by atoms with Crippen molar-refractivity contribution in [1.82, 2.24) is 0 Å². The van der Waals surface area contributed by atoms with Gasteiger partial charge in [0.15, 0.2) is 0 Å². The molecule has 0 unspecified atom stereocenters. The predicted octanol–water partition coefficient (Wildman–Crippen LogP) is 13.1. The fraction of sp³-hybridized carbons (Fsp3) is 0. The Morgan fingerprint density at radius 3 is 1.69 bits per heavy atom. The van der Waals surface area contributed by atoms with Gasteiger partial charge >= 0.3 is 0 Å². The van der Waals surface area contributed by atoms with Crippen LogP contribution in [0.25, 0.3) is 55.3 Å². The summed E-state index contributed by atoms with van der Waals surface area (Å²) in [7, 11) is 0. The van der Waals surface area contributed by atoms with E-state index < -0.39 is 0 Å². The number of ether oxygens (including phenoxy) is 1. The average Bonchev–Trinajstić information content (AvgIpc) is 3.31. The summed E-state index contributed by atoms with van der Waals surface area (Å²) in [6, 6.07) is 66.8. The molecule has 226 valence electrons. The number of fused-ring (bicyclic) bond motifs is 7. The number of anilines is 3. The van der Waals surface area contributed by atoms with Crippen LogP contribution in [-0.4, -0.2) is 0 Å². The molecule has 1 aliphatic heterocycles. The van der Waals surface area contributed by atoms with Crippen molar-refractivity contribution in [3.8, 4) is 56.0 Å². The molecular formula is C46H31NO. The van der Waals surface area contributed by atoms with Crippen molar-refractivity contribution in [1.29, 1.82) is 0 Å². The van der Waals surface area contributed by atoms with Gasteiger partial charge in [-0.1, -0.05) is 146 Å². The SMILES string of the molecule is c1ccc(-c2ccccc2-c2ccccc2N(c2ccccc2)c2ccc3ccc4c(c3c2)-c2ccccc2-c2ccccc2O4)cc1. The standard InChI is InChI=1S/C46H31NO/c1-3-15-32(16-4-1)36-19-7-8-20-37(36)39-22-11-13-25-43(39)47(34-17-5-2-6-18-34)35-29-27-33-28-30-45-46(42(33)31-35)41-24-10-9-21-38(41)40-23-12-14-26-44(40)48-45/h1-31H. The maximum absolute atomic E-state index is 6.68. The molecule has 8 aromatic rings. The molecular weight excluding hydrogens is 583 g/mol. The quantitative estimate of drug-likeness (QED) is 0.191. The molecule has 0 spiro atoms. The summed E-state index contributed by atoms with van der Waals surface area (Å²) >= 11 is 0. The van der Waals surface area contributed by atoms with Crippen molar-refractivity contribution in [3.63, 3.8) is 0 Å². The molecule has 0 aliphatic carbocycles. The number of nitrogens with zero attached hydrogens (tertiary/aromatic N) is 1. The van der Waals surface area contributed by atoms with Gasteiger partial charge < -0.3 is 9.64 Å². The number of hydrogen-bond acceptors (Lipinski definition) is 2. The molecule has 0 amide bonds. The van der Waals surface area contributed by atoms with E-state index in [2.05, 4.69) is 187 Å². The Labute approximate surface area is 280 Å². The second-order valence-electron chi connectivity index (χ2n) is 12.1. The van der Waals surface area contributed by atoms with Crippen LogP contribution >= 0.6 is 0 Å². The molecule has 0 saturated carbocycles. The third-order valence-corrected chi connectivity index (χ3v) is 9.28. The fourth-order valence-corrected chi connectivity index (χ4v) is 7.11. The Balaban J connectivity index is 1.29. The van der Waals surface area contributed by atoms with Crippen molar-refractivity contribution in [2.24, 2.45) is 0 Å². The molecule has 0 radical (unpaired) electrons. The minimum absolute atomic E-state index is 0.862. The van der Waals surface area contributed by atoms with E-state index in [0.29, 0.717) is 0 Å². The monoisotopic (exact) mass is 613 g/mol. The molecule has 0 aromatic heterocycles. The second kappa shape index (κ2) is 11.8. The van der Waals surface area contributed by atoms with E-state index in [0.717, 1.165) is 56.0 Å². The van der Waals surface area contributed by atoms with Crippen LogP contribution in [0.15, 0.2) is 188 Å². The van der Waals surface area contributed by atoms with E-state index in [1.165, 1.54) is 27.8 Å². The Kier molecular flexibility index (Phi) is 6.84. The smallest absolute Gasteiger partial charge is 0.135 e. The van der Waals surface area contributed by atoms with Crippen LogP contribution < -0.4 is 9.64 Å². The van der Waals surface area contributed by atoms with Gasteiger partial charge in [-0.3, -0.25) is 0 Å². The Morgan fingerprint density at radius 1 is 0.354 bits per heavy atom. The zero-order chi connectivity index (χ0) is 31.9. The zero-order valence-corrected chi connectivity index (χ0v) is 26.3. The summed E-state index contributed by atoms with van der Waals surface area (Å²) in [5, 5.41) is 2.31. The first-order valence-corrected chi connectivity index (χ1v) is 16.4. The van der Waals surface area contributed by atoms with Crippen LogP contribution in [0.4, 0.5) is 17.1 Å². The summed E-state index contributed by atoms with van der Waals surface area (Å²) in [5.74, 6) is 1.73. The van der Waals surface area contributed by atoms with Gasteiger partial charge in [-0.25, -0.2) is 0 Å². The lowest BCUT2D eigenvalue weighted by Crippen LogP contribution is -2.11. The van der Waals surface area contributed by atoms with Gasteiger partial charge in [-0.2, -0.15) is 0 Å². The van der Waals surface area contributed by atoms with Crippen molar-refractivity contribution >= 4 is 27.8 Å². The lowest BCUT2D eigenvalue weighted by Gasteiger charge is -2.29. The van der Waals surface area contributed by atoms with Crippen LogP contribution in [0.2, 0.25) is 0 Å². The number of rotatable bonds is 5. The van der Waals surface area contributed by atoms with Gasteiger partial charge in [0, 0.05) is 28.1 Å². The van der Waals surface area contributed by atoms with Gasteiger partial charge in [0.1, 0.15) is 11.5 Å². The van der Waals surface area contributed by atoms with Crippen LogP contribution in [0.3, 0.4) is 0 Å². The van der Waals surface area contributed by atoms with Crippen LogP contribution in [-0.2, 0) is 0 Å². The first-order chi connectivity index (χ1) is 23.8. The molecule has 0 N–H and O–H groups in total. The highest BCUT2D eigenvalue weighted by Crippen LogP contribution is 2.50. The van der Waals surface area contributed by atoms with Gasteiger partial charge in [-0.05, 0) is 81.1 Å². The highest BCUT2D eigenvalue weighted by molar-refractivity contribution is 6.07. The number of hydrogen-bond donors (Lipinski definition) is 0. The maximum atomic E-state index is 6.68. The highest BCUT2D eigenvalue weighted by Gasteiger charge is 2.24. The normalized spacial score (nSPS) is 11.5. The molecule has 1 aliphatic rings. The molecule has 1 heterocycles. The summed E-state index contributed by atoms with van der Waals surface area (Å²) in [5.41, 5.74) is 12.6. The first-order valence-electron chi connectivity index (χ1n) is 16.4. The Bertz CT molecular complexity index is 2430. The molecule has 9 rings (SSSR count). The molecule has 0 saturated heterocycles. The van der Waals surface area contributed by atoms with Crippen LogP contribution in [0.1, 0.15) is 0 Å². The van der Waals surface area contributed by atoms with E-state index in [4.69, 9.17) is 4.74 Å². The maximum Gasteiger partial charge on any atom is 0.135 e. The summed E-state index contributed by atoms with van der Waals surface area (Å²) in [6.07, 6.45) is 0. The van der Waals surface area contributed by atoms with Gasteiger partial charge in [0.05, 0.1) is 5.69 Å². The second-order valence-corrected chi connectivity index (χ2v) is 12.1. The summed E-state index contributed by atoms with van der Waals surface area (Å²) in [6.45, 7) is 0. The minimum atomic E-state index is 0.862. The topological polar surface area (TPSA) is 12.5 Å². The lowest BCUT2D eigenvalue weighted by atomic mass is 9.91. The van der Waals surface area contributed by atoms with Gasteiger partial charge in [0.2, 0.25) is 0 Å². The van der Waals surface area contributed by atoms with E-state index in [9.17, 15) is 0 Å². The molecule has 48 heavy (non-hydrogen) atoms. The summed E-state index contributed by atoms with van der Waals surface area (Å²) < 4.78 is 6.68. The van der Waals surface area contributed by atoms with Crippen LogP contribution in [0, 0.1) is 0 Å². The first kappa shape index (κ1) is 27.9. The zero-order valence-electron chi connectivity index (χ0n) is 26.3. The largest absolute Gasteiger partial charge is 0.456 e. The number of para-hydroxylation sites is 3. The van der Waals surface area contributed by atoms with E-state index in [-0.39, 0.29) is 0 Å². The van der Waals surface area contributed by atoms with E-state index in [1.807, 2.05) is 6.07 Å². The minimum Gasteiger partial charge on any atom is -0.456 e. The molecule has 0 fully saturated rings. The Hall–Kier alpha value is -6.38. The molecule has 0 bridgehead atoms. The van der Waals surface area contributed by atoms with Crippen LogP contribution in [0.5, 0.6) is 11.5 Å². The lowest BCUT2D eigenvalue weighted by molar-refractivity contribution is 0.488. The molecule has 2 heteroatoms. The van der Waals surface area contributed by atoms with E-state index >= 15 is 0 Å². The van der Waals surface area contributed by atoms with Gasteiger partial charge in [0.25, 0.3) is 0 Å². The fourth-order valence-electron chi connectivity index (χ4n) is 7.11. The van der Waals surface area contributed by atoms with Crippen molar-refractivity contribution in [2.45, 2.75) is 0 Å². The van der Waals surface area contributed by atoms with E-state index in [1.54, 1.807) is 0 Å². The highest BCUT2D eigenvalue weighted by atomic mass is 16.5.